The predicted octanol–water partition coefficient (Wildman–Crippen LogP) is 2.95. The van der Waals surface area contributed by atoms with Crippen LogP contribution in [-0.2, 0) is 4.79 Å². The van der Waals surface area contributed by atoms with Crippen LogP contribution in [0.3, 0.4) is 0 Å². The predicted molar refractivity (Wildman–Crippen MR) is 79.1 cm³/mol. The van der Waals surface area contributed by atoms with Gasteiger partial charge in [0.15, 0.2) is 0 Å². The highest BCUT2D eigenvalue weighted by molar-refractivity contribution is 5.77. The first-order valence-electron chi connectivity index (χ1n) is 8.19. The van der Waals surface area contributed by atoms with Crippen LogP contribution in [0, 0.1) is 5.92 Å². The van der Waals surface area contributed by atoms with Crippen molar-refractivity contribution in [2.24, 2.45) is 5.92 Å². The van der Waals surface area contributed by atoms with Crippen molar-refractivity contribution in [2.45, 2.75) is 77.3 Å². The lowest BCUT2D eigenvalue weighted by Gasteiger charge is -2.37. The molecule has 3 heteroatoms. The van der Waals surface area contributed by atoms with Crippen molar-refractivity contribution < 1.29 is 4.79 Å². The Hall–Kier alpha value is -0.570. The Labute approximate surface area is 118 Å². The van der Waals surface area contributed by atoms with Gasteiger partial charge in [0.25, 0.3) is 0 Å². The van der Waals surface area contributed by atoms with E-state index in [1.54, 1.807) is 0 Å². The highest BCUT2D eigenvalue weighted by Crippen LogP contribution is 2.24. The molecule has 0 aromatic carbocycles. The third-order valence-electron chi connectivity index (χ3n) is 4.61. The molecule has 2 aliphatic rings. The molecule has 19 heavy (non-hydrogen) atoms. The number of rotatable bonds is 5. The van der Waals surface area contributed by atoms with Crippen molar-refractivity contribution in [3.05, 3.63) is 0 Å². The van der Waals surface area contributed by atoms with Gasteiger partial charge in [-0.25, -0.2) is 0 Å². The van der Waals surface area contributed by atoms with E-state index in [-0.39, 0.29) is 0 Å². The highest BCUT2D eigenvalue weighted by Gasteiger charge is 2.28. The fourth-order valence-corrected chi connectivity index (χ4v) is 3.41. The number of hydrogen-bond donors (Lipinski definition) is 1. The van der Waals surface area contributed by atoms with Gasteiger partial charge in [0.2, 0.25) is 5.91 Å². The molecule has 2 fully saturated rings. The summed E-state index contributed by atoms with van der Waals surface area (Å²) in [7, 11) is 0. The fourth-order valence-electron chi connectivity index (χ4n) is 3.41. The van der Waals surface area contributed by atoms with Crippen molar-refractivity contribution >= 4 is 5.91 Å². The first-order valence-corrected chi connectivity index (χ1v) is 8.19. The summed E-state index contributed by atoms with van der Waals surface area (Å²) in [6, 6.07) is 0.963. The maximum Gasteiger partial charge on any atom is 0.224 e. The Morgan fingerprint density at radius 1 is 1.26 bits per heavy atom. The van der Waals surface area contributed by atoms with Gasteiger partial charge < -0.3 is 10.2 Å². The summed E-state index contributed by atoms with van der Waals surface area (Å²) in [6.07, 6.45) is 9.29. The molecule has 0 saturated carbocycles. The largest absolute Gasteiger partial charge is 0.340 e. The lowest BCUT2D eigenvalue weighted by atomic mass is 9.94. The summed E-state index contributed by atoms with van der Waals surface area (Å²) in [4.78, 5) is 14.7. The van der Waals surface area contributed by atoms with Crippen LogP contribution in [0.1, 0.15) is 65.2 Å². The quantitative estimate of drug-likeness (QED) is 0.830. The van der Waals surface area contributed by atoms with Crippen LogP contribution in [0.25, 0.3) is 0 Å². The van der Waals surface area contributed by atoms with Gasteiger partial charge in [-0.2, -0.15) is 0 Å². The number of carbonyl (C=O) groups is 1. The number of piperidine rings is 1. The van der Waals surface area contributed by atoms with Crippen LogP contribution < -0.4 is 5.32 Å². The van der Waals surface area contributed by atoms with E-state index in [0.717, 1.165) is 25.4 Å². The Kier molecular flexibility index (Phi) is 5.68. The Balaban J connectivity index is 1.84. The molecule has 0 aromatic rings. The second kappa shape index (κ2) is 7.28. The summed E-state index contributed by atoms with van der Waals surface area (Å²) in [6.45, 7) is 6.64. The zero-order valence-electron chi connectivity index (χ0n) is 12.7. The average Bonchev–Trinajstić information content (AvgIpc) is 2.89. The number of nitrogens with one attached hydrogen (secondary N) is 1. The third-order valence-corrected chi connectivity index (χ3v) is 4.61. The Morgan fingerprint density at radius 2 is 2.11 bits per heavy atom. The van der Waals surface area contributed by atoms with Crippen molar-refractivity contribution in [3.63, 3.8) is 0 Å². The maximum absolute atomic E-state index is 12.5. The van der Waals surface area contributed by atoms with Gasteiger partial charge in [-0.1, -0.05) is 13.8 Å². The third kappa shape index (κ3) is 4.48. The maximum atomic E-state index is 12.5. The molecule has 0 aromatic heterocycles. The molecular formula is C16H30N2O. The van der Waals surface area contributed by atoms with Crippen LogP contribution in [0.5, 0.6) is 0 Å². The van der Waals surface area contributed by atoms with Gasteiger partial charge in [0.1, 0.15) is 0 Å². The smallest absolute Gasteiger partial charge is 0.224 e. The summed E-state index contributed by atoms with van der Waals surface area (Å²) >= 11 is 0. The number of amides is 1. The van der Waals surface area contributed by atoms with Gasteiger partial charge in [-0.3, -0.25) is 4.79 Å². The minimum Gasteiger partial charge on any atom is -0.340 e. The minimum absolute atomic E-state index is 0.396. The molecule has 0 aliphatic carbocycles. The van der Waals surface area contributed by atoms with Crippen LogP contribution in [-0.4, -0.2) is 36.0 Å². The van der Waals surface area contributed by atoms with E-state index in [0.29, 0.717) is 18.0 Å². The van der Waals surface area contributed by atoms with Crippen molar-refractivity contribution in [1.82, 2.24) is 10.2 Å². The number of hydrogen-bond acceptors (Lipinski definition) is 2. The molecule has 110 valence electrons. The lowest BCUT2D eigenvalue weighted by Crippen LogP contribution is -2.45. The van der Waals surface area contributed by atoms with E-state index in [1.165, 1.54) is 44.9 Å². The van der Waals surface area contributed by atoms with Gasteiger partial charge >= 0.3 is 0 Å². The van der Waals surface area contributed by atoms with Crippen LogP contribution >= 0.6 is 0 Å². The Bertz CT molecular complexity index is 284. The van der Waals surface area contributed by atoms with Gasteiger partial charge in [0, 0.05) is 25.0 Å². The minimum atomic E-state index is 0.396. The van der Waals surface area contributed by atoms with E-state index < -0.39 is 0 Å². The number of likely N-dealkylation sites (tertiary alicyclic amines) is 1. The summed E-state index contributed by atoms with van der Waals surface area (Å²) in [5, 5.41) is 3.44. The molecule has 0 bridgehead atoms. The Morgan fingerprint density at radius 3 is 2.79 bits per heavy atom. The summed E-state index contributed by atoms with van der Waals surface area (Å²) in [5.74, 6) is 1.14. The van der Waals surface area contributed by atoms with Gasteiger partial charge in [-0.15, -0.1) is 0 Å². The van der Waals surface area contributed by atoms with Crippen LogP contribution in [0.2, 0.25) is 0 Å². The molecule has 2 heterocycles. The molecule has 1 N–H and O–H groups in total. The van der Waals surface area contributed by atoms with E-state index in [2.05, 4.69) is 24.1 Å². The molecule has 3 nitrogen and oxygen atoms in total. The van der Waals surface area contributed by atoms with Crippen LogP contribution in [0.4, 0.5) is 0 Å². The standard InChI is InChI=1S/C16H30N2O/c1-13(2)8-9-15-7-3-4-11-18(15)16(19)12-14-6-5-10-17-14/h13-15,17H,3-12H2,1-2H3. The second-order valence-electron chi connectivity index (χ2n) is 6.71. The SMILES string of the molecule is CC(C)CCC1CCCCN1C(=O)CC1CCCN1. The lowest BCUT2D eigenvalue weighted by molar-refractivity contribution is -0.135. The molecule has 2 unspecified atom stereocenters. The molecule has 0 radical (unpaired) electrons. The second-order valence-corrected chi connectivity index (χ2v) is 6.71. The topological polar surface area (TPSA) is 32.3 Å². The molecule has 2 aliphatic heterocycles. The molecule has 1 amide bonds. The van der Waals surface area contributed by atoms with Crippen molar-refractivity contribution in [3.8, 4) is 0 Å². The fraction of sp³-hybridized carbons (Fsp3) is 0.938. The van der Waals surface area contributed by atoms with E-state index in [4.69, 9.17) is 0 Å². The van der Waals surface area contributed by atoms with Crippen molar-refractivity contribution in [1.29, 1.82) is 0 Å². The first-order chi connectivity index (χ1) is 9.16. The number of carbonyl (C=O) groups excluding carboxylic acids is 1. The van der Waals surface area contributed by atoms with E-state index in [1.807, 2.05) is 0 Å². The molecule has 2 rings (SSSR count). The van der Waals surface area contributed by atoms with E-state index in [9.17, 15) is 4.79 Å². The summed E-state index contributed by atoms with van der Waals surface area (Å²) < 4.78 is 0. The molecular weight excluding hydrogens is 236 g/mol. The zero-order chi connectivity index (χ0) is 13.7. The monoisotopic (exact) mass is 266 g/mol. The average molecular weight is 266 g/mol. The number of nitrogens with zero attached hydrogens (tertiary/aromatic N) is 1. The van der Waals surface area contributed by atoms with Gasteiger partial charge in [-0.05, 0) is 57.4 Å². The molecule has 2 saturated heterocycles. The van der Waals surface area contributed by atoms with Crippen molar-refractivity contribution in [2.75, 3.05) is 13.1 Å². The zero-order valence-corrected chi connectivity index (χ0v) is 12.7. The normalized spacial score (nSPS) is 28.1. The highest BCUT2D eigenvalue weighted by atomic mass is 16.2. The first kappa shape index (κ1) is 14.8. The van der Waals surface area contributed by atoms with Crippen LogP contribution in [0.15, 0.2) is 0 Å². The summed E-state index contributed by atoms with van der Waals surface area (Å²) in [5.41, 5.74) is 0. The van der Waals surface area contributed by atoms with E-state index >= 15 is 0 Å². The molecule has 0 spiro atoms. The molecule has 2 atom stereocenters. The van der Waals surface area contributed by atoms with Gasteiger partial charge in [0.05, 0.1) is 0 Å².